The van der Waals surface area contributed by atoms with Crippen LogP contribution in [0.1, 0.15) is 67.2 Å². The largest absolute Gasteiger partial charge is 0.480 e. The van der Waals surface area contributed by atoms with Gasteiger partial charge < -0.3 is 26.8 Å². The van der Waals surface area contributed by atoms with Gasteiger partial charge in [0.15, 0.2) is 0 Å². The molecule has 0 aromatic carbocycles. The molecule has 0 bridgehead atoms. The Labute approximate surface area is 202 Å². The highest BCUT2D eigenvalue weighted by molar-refractivity contribution is 7.98. The maximum Gasteiger partial charge on any atom is 0.326 e. The van der Waals surface area contributed by atoms with E-state index in [1.165, 1.54) is 11.8 Å². The summed E-state index contributed by atoms with van der Waals surface area (Å²) >= 11 is 1.49. The van der Waals surface area contributed by atoms with Crippen LogP contribution in [-0.2, 0) is 19.2 Å². The molecule has 0 radical (unpaired) electrons. The Morgan fingerprint density at radius 1 is 0.727 bits per heavy atom. The van der Waals surface area contributed by atoms with Crippen molar-refractivity contribution >= 4 is 35.5 Å². The van der Waals surface area contributed by atoms with Crippen LogP contribution in [0.5, 0.6) is 0 Å². The monoisotopic (exact) mass is 488 g/mol. The number of thioether (sulfide) groups is 1. The first-order chi connectivity index (χ1) is 15.3. The van der Waals surface area contributed by atoms with Gasteiger partial charge in [0.05, 0.1) is 6.04 Å². The Hall–Kier alpha value is -1.81. The fourth-order valence-electron chi connectivity index (χ4n) is 3.34. The van der Waals surface area contributed by atoms with Gasteiger partial charge in [0.1, 0.15) is 18.1 Å². The minimum absolute atomic E-state index is 0.0770. The molecule has 10 heteroatoms. The van der Waals surface area contributed by atoms with Crippen LogP contribution in [-0.4, -0.2) is 65.0 Å². The molecule has 9 nitrogen and oxygen atoms in total. The van der Waals surface area contributed by atoms with Crippen LogP contribution in [0.25, 0.3) is 0 Å². The predicted molar refractivity (Wildman–Crippen MR) is 133 cm³/mol. The summed E-state index contributed by atoms with van der Waals surface area (Å²) in [5.74, 6) is -1.54. The first-order valence-corrected chi connectivity index (χ1v) is 13.1. The molecular formula is C23H44N4O5S. The maximum absolute atomic E-state index is 13.1. The second-order valence-corrected chi connectivity index (χ2v) is 10.8. The van der Waals surface area contributed by atoms with Gasteiger partial charge in [-0.05, 0) is 55.4 Å². The van der Waals surface area contributed by atoms with Crippen LogP contribution in [0.15, 0.2) is 0 Å². The zero-order valence-electron chi connectivity index (χ0n) is 21.1. The summed E-state index contributed by atoms with van der Waals surface area (Å²) in [7, 11) is 0. The molecule has 192 valence electrons. The lowest BCUT2D eigenvalue weighted by atomic mass is 9.99. The molecule has 0 aromatic rings. The van der Waals surface area contributed by atoms with E-state index in [-0.39, 0.29) is 24.2 Å². The van der Waals surface area contributed by atoms with E-state index in [0.717, 1.165) is 0 Å². The molecule has 6 N–H and O–H groups in total. The molecule has 0 aliphatic carbocycles. The number of carboxylic acids is 1. The summed E-state index contributed by atoms with van der Waals surface area (Å²) in [6.07, 6.45) is 3.35. The van der Waals surface area contributed by atoms with Gasteiger partial charge in [-0.3, -0.25) is 14.4 Å². The average molecular weight is 489 g/mol. The lowest BCUT2D eigenvalue weighted by molar-refractivity contribution is -0.142. The minimum atomic E-state index is -1.11. The lowest BCUT2D eigenvalue weighted by Crippen LogP contribution is -2.57. The van der Waals surface area contributed by atoms with Crippen LogP contribution in [0.4, 0.5) is 0 Å². The highest BCUT2D eigenvalue weighted by Gasteiger charge is 2.31. The molecular weight excluding hydrogens is 444 g/mol. The number of hydrogen-bond donors (Lipinski definition) is 5. The Kier molecular flexibility index (Phi) is 15.1. The van der Waals surface area contributed by atoms with Crippen LogP contribution in [0.3, 0.4) is 0 Å². The summed E-state index contributed by atoms with van der Waals surface area (Å²) in [6.45, 7) is 11.6. The number of rotatable bonds is 16. The summed E-state index contributed by atoms with van der Waals surface area (Å²) in [5.41, 5.74) is 5.97. The van der Waals surface area contributed by atoms with Crippen molar-refractivity contribution in [2.45, 2.75) is 91.4 Å². The van der Waals surface area contributed by atoms with Gasteiger partial charge in [-0.15, -0.1) is 0 Å². The number of carbonyl (C=O) groups is 4. The molecule has 0 saturated carbocycles. The standard InChI is InChI=1S/C23H44N4O5S/c1-13(2)10-16(24)20(28)26-18(11-14(3)4)22(30)27-19(12-15(5)6)21(29)25-17(23(31)32)8-9-33-7/h13-19H,8-12,24H2,1-7H3,(H,25,29)(H,26,28)(H,27,30)(H,31,32)/t16-,17-,18-,19-/m0/s1. The van der Waals surface area contributed by atoms with Gasteiger partial charge in [-0.2, -0.15) is 11.8 Å². The van der Waals surface area contributed by atoms with Crippen molar-refractivity contribution in [2.75, 3.05) is 12.0 Å². The number of amides is 3. The van der Waals surface area contributed by atoms with Gasteiger partial charge in [0.25, 0.3) is 0 Å². The van der Waals surface area contributed by atoms with E-state index in [2.05, 4.69) is 16.0 Å². The van der Waals surface area contributed by atoms with E-state index in [0.29, 0.717) is 25.0 Å². The fraction of sp³-hybridized carbons (Fsp3) is 0.826. The van der Waals surface area contributed by atoms with Crippen LogP contribution < -0.4 is 21.7 Å². The zero-order valence-corrected chi connectivity index (χ0v) is 22.0. The van der Waals surface area contributed by atoms with E-state index in [9.17, 15) is 24.3 Å². The third-order valence-corrected chi connectivity index (χ3v) is 5.61. The fourth-order valence-corrected chi connectivity index (χ4v) is 3.81. The van der Waals surface area contributed by atoms with Gasteiger partial charge in [-0.1, -0.05) is 41.5 Å². The van der Waals surface area contributed by atoms with E-state index in [4.69, 9.17) is 5.73 Å². The van der Waals surface area contributed by atoms with E-state index in [1.54, 1.807) is 0 Å². The number of hydrogen-bond acceptors (Lipinski definition) is 6. The van der Waals surface area contributed by atoms with Gasteiger partial charge in [0, 0.05) is 0 Å². The van der Waals surface area contributed by atoms with Gasteiger partial charge in [-0.25, -0.2) is 4.79 Å². The van der Waals surface area contributed by atoms with Gasteiger partial charge >= 0.3 is 5.97 Å². The van der Waals surface area contributed by atoms with Crippen LogP contribution >= 0.6 is 11.8 Å². The third kappa shape index (κ3) is 13.5. The number of aliphatic carboxylic acids is 1. The predicted octanol–water partition coefficient (Wildman–Crippen LogP) is 1.74. The molecule has 33 heavy (non-hydrogen) atoms. The van der Waals surface area contributed by atoms with Crippen molar-refractivity contribution in [1.29, 1.82) is 0 Å². The van der Waals surface area contributed by atoms with E-state index >= 15 is 0 Å². The summed E-state index contributed by atoms with van der Waals surface area (Å²) in [5, 5.41) is 17.4. The smallest absolute Gasteiger partial charge is 0.326 e. The molecule has 0 aromatic heterocycles. The molecule has 0 unspecified atom stereocenters. The second-order valence-electron chi connectivity index (χ2n) is 9.80. The van der Waals surface area contributed by atoms with Crippen molar-refractivity contribution < 1.29 is 24.3 Å². The van der Waals surface area contributed by atoms with E-state index < -0.39 is 47.9 Å². The molecule has 0 aliphatic rings. The van der Waals surface area contributed by atoms with Crippen molar-refractivity contribution in [2.24, 2.45) is 23.5 Å². The summed E-state index contributed by atoms with van der Waals surface area (Å²) < 4.78 is 0. The molecule has 4 atom stereocenters. The van der Waals surface area contributed by atoms with Crippen LogP contribution in [0, 0.1) is 17.8 Å². The Bertz CT molecular complexity index is 642. The molecule has 0 rings (SSSR count). The Morgan fingerprint density at radius 2 is 1.12 bits per heavy atom. The molecule has 0 spiro atoms. The quantitative estimate of drug-likeness (QED) is 0.222. The number of carbonyl (C=O) groups excluding carboxylic acids is 3. The van der Waals surface area contributed by atoms with Crippen molar-refractivity contribution in [3.05, 3.63) is 0 Å². The summed E-state index contributed by atoms with van der Waals surface area (Å²) in [4.78, 5) is 50.0. The van der Waals surface area contributed by atoms with Crippen molar-refractivity contribution in [1.82, 2.24) is 16.0 Å². The second kappa shape index (κ2) is 15.9. The number of nitrogens with two attached hydrogens (primary N) is 1. The van der Waals surface area contributed by atoms with Crippen LogP contribution in [0.2, 0.25) is 0 Å². The molecule has 3 amide bonds. The minimum Gasteiger partial charge on any atom is -0.480 e. The zero-order chi connectivity index (χ0) is 25.7. The maximum atomic E-state index is 13.1. The highest BCUT2D eigenvalue weighted by Crippen LogP contribution is 2.11. The average Bonchev–Trinajstić information content (AvgIpc) is 2.68. The first-order valence-electron chi connectivity index (χ1n) is 11.7. The normalized spacial score (nSPS) is 15.1. The Morgan fingerprint density at radius 3 is 1.48 bits per heavy atom. The van der Waals surface area contributed by atoms with Crippen molar-refractivity contribution in [3.63, 3.8) is 0 Å². The Balaban J connectivity index is 5.46. The van der Waals surface area contributed by atoms with Crippen molar-refractivity contribution in [3.8, 4) is 0 Å². The SMILES string of the molecule is CSCC[C@H](NC(=O)[C@H](CC(C)C)NC(=O)[C@H](CC(C)C)NC(=O)[C@@H](N)CC(C)C)C(=O)O. The number of nitrogens with one attached hydrogen (secondary N) is 3. The molecule has 0 saturated heterocycles. The summed E-state index contributed by atoms with van der Waals surface area (Å²) in [6, 6.07) is -3.51. The first kappa shape index (κ1) is 31.2. The highest BCUT2D eigenvalue weighted by atomic mass is 32.2. The molecule has 0 fully saturated rings. The number of carboxylic acid groups (broad SMARTS) is 1. The molecule has 0 aliphatic heterocycles. The van der Waals surface area contributed by atoms with Gasteiger partial charge in [0.2, 0.25) is 17.7 Å². The lowest BCUT2D eigenvalue weighted by Gasteiger charge is -2.27. The van der Waals surface area contributed by atoms with E-state index in [1.807, 2.05) is 47.8 Å². The third-order valence-electron chi connectivity index (χ3n) is 4.97. The molecule has 0 heterocycles. The topological polar surface area (TPSA) is 151 Å².